The van der Waals surface area contributed by atoms with Gasteiger partial charge in [0.05, 0.1) is 29.6 Å². The molecule has 0 aromatic carbocycles. The molecule has 2 N–H and O–H groups in total. The van der Waals surface area contributed by atoms with E-state index in [1.807, 2.05) is 35.5 Å². The minimum Gasteiger partial charge on any atom is -0.391 e. The van der Waals surface area contributed by atoms with E-state index < -0.39 is 6.10 Å². The van der Waals surface area contributed by atoms with Crippen LogP contribution in [0.1, 0.15) is 24.8 Å². The van der Waals surface area contributed by atoms with Crippen molar-refractivity contribution in [3.05, 3.63) is 48.5 Å². The van der Waals surface area contributed by atoms with E-state index >= 15 is 0 Å². The second kappa shape index (κ2) is 7.68. The quantitative estimate of drug-likeness (QED) is 0.688. The van der Waals surface area contributed by atoms with E-state index in [2.05, 4.69) is 25.1 Å². The highest BCUT2D eigenvalue weighted by Gasteiger charge is 2.43. The lowest BCUT2D eigenvalue weighted by Crippen LogP contribution is -2.55. The smallest absolute Gasteiger partial charge is 0.227 e. The van der Waals surface area contributed by atoms with E-state index in [1.165, 1.54) is 0 Å². The van der Waals surface area contributed by atoms with E-state index in [0.29, 0.717) is 19.5 Å². The average molecular weight is 406 g/mol. The van der Waals surface area contributed by atoms with Crippen LogP contribution in [0.4, 0.5) is 5.82 Å². The fourth-order valence-electron chi connectivity index (χ4n) is 4.99. The first-order valence-electron chi connectivity index (χ1n) is 10.5. The summed E-state index contributed by atoms with van der Waals surface area (Å²) in [5, 5.41) is 18.7. The predicted molar refractivity (Wildman–Crippen MR) is 113 cm³/mol. The van der Waals surface area contributed by atoms with Crippen LogP contribution in [-0.4, -0.2) is 68.4 Å². The van der Waals surface area contributed by atoms with Gasteiger partial charge in [-0.15, -0.1) is 0 Å². The normalized spacial score (nSPS) is 21.3. The molecule has 1 amide bonds. The molecule has 3 aromatic heterocycles. The molecule has 8 heteroatoms. The summed E-state index contributed by atoms with van der Waals surface area (Å²) >= 11 is 0. The fourth-order valence-corrected chi connectivity index (χ4v) is 4.99. The zero-order valence-electron chi connectivity index (χ0n) is 16.9. The van der Waals surface area contributed by atoms with E-state index in [1.54, 1.807) is 12.4 Å². The van der Waals surface area contributed by atoms with Crippen molar-refractivity contribution in [1.82, 2.24) is 25.1 Å². The molecule has 1 atom stereocenters. The van der Waals surface area contributed by atoms with Gasteiger partial charge < -0.3 is 14.9 Å². The maximum absolute atomic E-state index is 12.9. The van der Waals surface area contributed by atoms with Crippen molar-refractivity contribution in [2.24, 2.45) is 5.41 Å². The molecule has 30 heavy (non-hydrogen) atoms. The second-order valence-corrected chi connectivity index (χ2v) is 8.62. The molecule has 1 unspecified atom stereocenters. The third kappa shape index (κ3) is 3.63. The summed E-state index contributed by atoms with van der Waals surface area (Å²) in [6.07, 6.45) is 9.53. The number of aromatic amines is 1. The van der Waals surface area contributed by atoms with Gasteiger partial charge in [-0.3, -0.25) is 14.9 Å². The lowest BCUT2D eigenvalue weighted by Gasteiger charge is -2.49. The lowest BCUT2D eigenvalue weighted by molar-refractivity contribution is -0.138. The van der Waals surface area contributed by atoms with Gasteiger partial charge in [0.15, 0.2) is 0 Å². The number of hydrogen-bond donors (Lipinski definition) is 2. The van der Waals surface area contributed by atoms with Crippen molar-refractivity contribution >= 4 is 22.6 Å². The number of aromatic nitrogens is 4. The Labute approximate surface area is 174 Å². The predicted octanol–water partition coefficient (Wildman–Crippen LogP) is 1.78. The number of carbonyl (C=O) groups excluding carboxylic acids is 1. The highest BCUT2D eigenvalue weighted by Crippen LogP contribution is 2.41. The first-order chi connectivity index (χ1) is 14.6. The molecule has 0 radical (unpaired) electrons. The number of likely N-dealkylation sites (tertiary alicyclic amines) is 1. The number of amides is 1. The first-order valence-corrected chi connectivity index (χ1v) is 10.5. The molecule has 8 nitrogen and oxygen atoms in total. The third-order valence-electron chi connectivity index (χ3n) is 6.53. The van der Waals surface area contributed by atoms with E-state index in [-0.39, 0.29) is 11.3 Å². The molecule has 3 aromatic rings. The van der Waals surface area contributed by atoms with Gasteiger partial charge in [0, 0.05) is 44.8 Å². The minimum atomic E-state index is -0.474. The topological polar surface area (TPSA) is 98.2 Å². The summed E-state index contributed by atoms with van der Waals surface area (Å²) in [5.41, 5.74) is 1.86. The van der Waals surface area contributed by atoms with Crippen molar-refractivity contribution < 1.29 is 9.90 Å². The number of anilines is 1. The van der Waals surface area contributed by atoms with Crippen molar-refractivity contribution in [3.63, 3.8) is 0 Å². The van der Waals surface area contributed by atoms with Gasteiger partial charge in [0.2, 0.25) is 5.91 Å². The van der Waals surface area contributed by atoms with Gasteiger partial charge in [0.1, 0.15) is 5.82 Å². The van der Waals surface area contributed by atoms with Gasteiger partial charge in [0.25, 0.3) is 0 Å². The van der Waals surface area contributed by atoms with E-state index in [0.717, 1.165) is 54.6 Å². The monoisotopic (exact) mass is 406 g/mol. The Kier molecular flexibility index (Phi) is 4.86. The highest BCUT2D eigenvalue weighted by atomic mass is 16.3. The zero-order valence-corrected chi connectivity index (χ0v) is 16.9. The number of piperidine rings is 2. The van der Waals surface area contributed by atoms with E-state index in [9.17, 15) is 9.90 Å². The number of hydrogen-bond acceptors (Lipinski definition) is 6. The summed E-state index contributed by atoms with van der Waals surface area (Å²) in [4.78, 5) is 25.7. The first kappa shape index (κ1) is 19.0. The Morgan fingerprint density at radius 2 is 2.10 bits per heavy atom. The number of aliphatic hydroxyl groups is 1. The Morgan fingerprint density at radius 1 is 1.23 bits per heavy atom. The summed E-state index contributed by atoms with van der Waals surface area (Å²) in [6.45, 7) is 2.84. The molecule has 1 spiro atoms. The van der Waals surface area contributed by atoms with Gasteiger partial charge in [-0.25, -0.2) is 4.98 Å². The SMILES string of the molecule is O=C(Cc1cccnc1)N1CC(O)CC2(CCN(c3nccc4[nH]ncc34)CC2)C1. The summed E-state index contributed by atoms with van der Waals surface area (Å²) in [6, 6.07) is 5.70. The van der Waals surface area contributed by atoms with Gasteiger partial charge >= 0.3 is 0 Å². The zero-order chi connectivity index (χ0) is 20.6. The van der Waals surface area contributed by atoms with E-state index in [4.69, 9.17) is 0 Å². The second-order valence-electron chi connectivity index (χ2n) is 8.62. The molecule has 2 aliphatic heterocycles. The number of nitrogens with zero attached hydrogens (tertiary/aromatic N) is 5. The molecule has 5 heterocycles. The van der Waals surface area contributed by atoms with Gasteiger partial charge in [-0.1, -0.05) is 6.07 Å². The van der Waals surface area contributed by atoms with Crippen molar-refractivity contribution in [2.45, 2.75) is 31.8 Å². The molecule has 156 valence electrons. The van der Waals surface area contributed by atoms with Crippen LogP contribution in [0.5, 0.6) is 0 Å². The number of H-pyrrole nitrogens is 1. The molecule has 2 saturated heterocycles. The number of nitrogens with one attached hydrogen (secondary N) is 1. The number of carbonyl (C=O) groups is 1. The van der Waals surface area contributed by atoms with Crippen LogP contribution >= 0.6 is 0 Å². The summed E-state index contributed by atoms with van der Waals surface area (Å²) in [7, 11) is 0. The maximum Gasteiger partial charge on any atom is 0.227 e. The van der Waals surface area contributed by atoms with Crippen LogP contribution in [-0.2, 0) is 11.2 Å². The molecule has 5 rings (SSSR count). The van der Waals surface area contributed by atoms with Crippen LogP contribution in [0, 0.1) is 5.41 Å². The molecular formula is C22H26N6O2. The Bertz CT molecular complexity index is 1030. The lowest BCUT2D eigenvalue weighted by atomic mass is 9.71. The number of pyridine rings is 2. The fraction of sp³-hybridized carbons (Fsp3) is 0.455. The Hall–Kier alpha value is -3.00. The Morgan fingerprint density at radius 3 is 2.90 bits per heavy atom. The number of rotatable bonds is 3. The average Bonchev–Trinajstić information content (AvgIpc) is 3.24. The summed E-state index contributed by atoms with van der Waals surface area (Å²) < 4.78 is 0. The maximum atomic E-state index is 12.9. The third-order valence-corrected chi connectivity index (χ3v) is 6.53. The largest absolute Gasteiger partial charge is 0.391 e. The Balaban J connectivity index is 1.28. The van der Waals surface area contributed by atoms with Crippen LogP contribution in [0.15, 0.2) is 43.0 Å². The number of aliphatic hydroxyl groups excluding tert-OH is 1. The van der Waals surface area contributed by atoms with Crippen LogP contribution in [0.2, 0.25) is 0 Å². The molecule has 2 aliphatic rings. The highest BCUT2D eigenvalue weighted by molar-refractivity contribution is 5.88. The molecule has 0 aliphatic carbocycles. The van der Waals surface area contributed by atoms with Crippen molar-refractivity contribution in [2.75, 3.05) is 31.1 Å². The number of β-amino-alcohol motifs (C(OH)–C–C–N with tert-alkyl or cyclic N) is 1. The molecular weight excluding hydrogens is 380 g/mol. The van der Waals surface area contributed by atoms with Crippen LogP contribution in [0.25, 0.3) is 10.9 Å². The molecule has 0 saturated carbocycles. The molecule has 0 bridgehead atoms. The minimum absolute atomic E-state index is 0.0386. The van der Waals surface area contributed by atoms with Crippen LogP contribution < -0.4 is 4.90 Å². The van der Waals surface area contributed by atoms with Crippen LogP contribution in [0.3, 0.4) is 0 Å². The number of fused-ring (bicyclic) bond motifs is 1. The van der Waals surface area contributed by atoms with Crippen molar-refractivity contribution in [1.29, 1.82) is 0 Å². The standard InChI is InChI=1S/C22H26N6O2/c29-17-11-22(15-28(14-17)20(30)10-16-2-1-6-23-12-16)4-8-27(9-5-22)21-18-13-25-26-19(18)3-7-24-21/h1-3,6-7,12-13,17,29H,4-5,8-11,14-15H2,(H,25,26). The van der Waals surface area contributed by atoms with Gasteiger partial charge in [-0.05, 0) is 42.4 Å². The molecule has 2 fully saturated rings. The summed E-state index contributed by atoms with van der Waals surface area (Å²) in [5.74, 6) is 1.02. The van der Waals surface area contributed by atoms with Gasteiger partial charge in [-0.2, -0.15) is 5.10 Å². The van der Waals surface area contributed by atoms with Crippen molar-refractivity contribution in [3.8, 4) is 0 Å².